The summed E-state index contributed by atoms with van der Waals surface area (Å²) in [6.45, 7) is 0.839. The number of para-hydroxylation sites is 1. The van der Waals surface area contributed by atoms with Crippen LogP contribution in [0, 0.1) is 32.4 Å². The van der Waals surface area contributed by atoms with E-state index < -0.39 is 74.1 Å². The van der Waals surface area contributed by atoms with Gasteiger partial charge in [-0.1, -0.05) is 142 Å². The van der Waals surface area contributed by atoms with Crippen molar-refractivity contribution in [3.8, 4) is 74.4 Å². The molecule has 11 aromatic rings. The minimum atomic E-state index is -2.78. The number of nitrogens with zero attached hydrogens (tertiary/aromatic N) is 4. The van der Waals surface area contributed by atoms with Crippen LogP contribution in [0.5, 0.6) is 11.5 Å². The summed E-state index contributed by atoms with van der Waals surface area (Å²) in [4.78, 5) is 4.82. The maximum Gasteiger partial charge on any atom is 0.269 e. The van der Waals surface area contributed by atoms with E-state index in [-0.39, 0.29) is 66.6 Å². The third-order valence-corrected chi connectivity index (χ3v) is 11.9. The minimum absolute atomic E-state index is 0.00569. The van der Waals surface area contributed by atoms with Gasteiger partial charge in [-0.05, 0) is 136 Å². The number of hydrogen-bond acceptors (Lipinski definition) is 2. The number of aromatic nitrogens is 4. The fourth-order valence-electron chi connectivity index (χ4n) is 8.67. The highest BCUT2D eigenvalue weighted by Crippen LogP contribution is 2.39. The summed E-state index contributed by atoms with van der Waals surface area (Å²) in [7, 11) is 0. The van der Waals surface area contributed by atoms with Crippen LogP contribution < -0.4 is 9.30 Å². The molecule has 0 saturated carbocycles. The summed E-state index contributed by atoms with van der Waals surface area (Å²) in [5.41, 5.74) is 3.26. The van der Waals surface area contributed by atoms with Crippen molar-refractivity contribution in [1.82, 2.24) is 14.1 Å². The zero-order chi connectivity index (χ0) is 59.5. The van der Waals surface area contributed by atoms with Crippen LogP contribution in [0.3, 0.4) is 0 Å². The van der Waals surface area contributed by atoms with Crippen molar-refractivity contribution >= 4 is 32.8 Å². The molecule has 3 heterocycles. The number of fused-ring (bicyclic) bond motifs is 4. The number of rotatable bonds is 8. The van der Waals surface area contributed by atoms with Gasteiger partial charge in [0.15, 0.2) is 0 Å². The van der Waals surface area contributed by atoms with Gasteiger partial charge in [0.25, 0.3) is 6.33 Å². The normalized spacial score (nSPS) is 15.4. The van der Waals surface area contributed by atoms with Crippen LogP contribution >= 0.6 is 0 Å². The molecular weight excluding hydrogens is 817 g/mol. The summed E-state index contributed by atoms with van der Waals surface area (Å²) in [5.74, 6) is 4.20. The standard InChI is InChI=1S/C62H48N4O/c1-7-43-27-31-55-54(35-43)53-30-29-50(39-57(53)66(55)59-37-47(33-34-63-59)62(4,5)6)67-49-24-15-23-48(38-49)64-40-65(56-32-28-46(36-58(56)64)60-41(2)17-14-18-42(60)3)61-51(44-19-10-8-11-20-44)25-16-26-52(61)45-21-12-9-13-22-45/h1,8-39H,2-6H3/i2D3,3D3,8D,9D,10D,11D,12D,13D,19D,20D,21D,22D. The predicted octanol–water partition coefficient (Wildman–Crippen LogP) is 14.9. The highest BCUT2D eigenvalue weighted by Gasteiger charge is 2.22. The summed E-state index contributed by atoms with van der Waals surface area (Å²) in [6, 6.07) is 29.4. The van der Waals surface area contributed by atoms with Gasteiger partial charge in [-0.25, -0.2) is 4.98 Å². The number of imidazole rings is 1. The molecule has 0 saturated heterocycles. The van der Waals surface area contributed by atoms with Crippen molar-refractivity contribution in [2.24, 2.45) is 0 Å². The maximum atomic E-state index is 9.17. The first-order valence-corrected chi connectivity index (χ1v) is 21.4. The molecule has 0 aliphatic heterocycles. The Morgan fingerprint density at radius 1 is 0.657 bits per heavy atom. The average molecular weight is 881 g/mol. The summed E-state index contributed by atoms with van der Waals surface area (Å²) in [6.07, 6.45) is 11.0. The Labute approximate surface area is 414 Å². The van der Waals surface area contributed by atoms with Gasteiger partial charge < -0.3 is 4.74 Å². The molecule has 0 unspecified atom stereocenters. The van der Waals surface area contributed by atoms with E-state index in [0.29, 0.717) is 28.6 Å². The van der Waals surface area contributed by atoms with Crippen LogP contribution in [0.15, 0.2) is 194 Å². The molecule has 322 valence electrons. The molecule has 11 rings (SSSR count). The Balaban J connectivity index is 1.18. The molecule has 5 heteroatoms. The van der Waals surface area contributed by atoms with E-state index in [0.717, 1.165) is 27.4 Å². The van der Waals surface area contributed by atoms with Crippen molar-refractivity contribution in [2.45, 2.75) is 39.9 Å². The highest BCUT2D eigenvalue weighted by atomic mass is 16.5. The maximum absolute atomic E-state index is 9.17. The summed E-state index contributed by atoms with van der Waals surface area (Å²) >= 11 is 0. The van der Waals surface area contributed by atoms with Gasteiger partial charge in [-0.3, -0.25) is 13.7 Å². The van der Waals surface area contributed by atoms with Crippen molar-refractivity contribution < 1.29 is 31.2 Å². The zero-order valence-corrected chi connectivity index (χ0v) is 36.5. The molecule has 5 nitrogen and oxygen atoms in total. The molecule has 0 amide bonds. The van der Waals surface area contributed by atoms with Crippen LogP contribution in [0.2, 0.25) is 0 Å². The Hall–Kier alpha value is -8.46. The number of hydrogen-bond donors (Lipinski definition) is 0. The van der Waals surface area contributed by atoms with Gasteiger partial charge in [0.1, 0.15) is 17.3 Å². The van der Waals surface area contributed by atoms with Crippen LogP contribution in [0.4, 0.5) is 0 Å². The third kappa shape index (κ3) is 7.43. The lowest BCUT2D eigenvalue weighted by Crippen LogP contribution is -2.31. The molecule has 0 N–H and O–H groups in total. The van der Waals surface area contributed by atoms with Gasteiger partial charge in [-0.2, -0.15) is 0 Å². The van der Waals surface area contributed by atoms with Crippen LogP contribution in [0.25, 0.3) is 83.4 Å². The van der Waals surface area contributed by atoms with E-state index in [1.54, 1.807) is 47.2 Å². The van der Waals surface area contributed by atoms with E-state index >= 15 is 0 Å². The molecule has 0 radical (unpaired) electrons. The number of terminal acetylenes is 1. The lowest BCUT2D eigenvalue weighted by molar-refractivity contribution is -0.571. The largest absolute Gasteiger partial charge is 0.458 e. The Morgan fingerprint density at radius 3 is 2.06 bits per heavy atom. The van der Waals surface area contributed by atoms with Crippen molar-refractivity contribution in [3.63, 3.8) is 0 Å². The summed E-state index contributed by atoms with van der Waals surface area (Å²) < 4.78 is 152. The topological polar surface area (TPSA) is 35.9 Å². The first kappa shape index (κ1) is 27.1. The molecule has 0 aliphatic carbocycles. The van der Waals surface area contributed by atoms with Crippen molar-refractivity contribution in [2.75, 3.05) is 0 Å². The lowest BCUT2D eigenvalue weighted by Gasteiger charge is -2.20. The monoisotopic (exact) mass is 880 g/mol. The Bertz CT molecular complexity index is 4400. The SMILES string of the molecule is [2H]c1c([2H])c([2H])c(-c2cccc(-c3c([2H])c([2H])c([2H])c([2H])c3[2H])c2-[n+]2[c-]n(-c3cccc(Oc4ccc5c6cc(C#C)ccc6n(-c6cc(C(C)(C)C)ccn6)c5c4)c3)c3cc(-c4c(C([2H])([2H])[2H])cccc4C([2H])([2H])[2H])ccc32)c([2H])c1[2H]. The number of benzene rings is 8. The quantitative estimate of drug-likeness (QED) is 0.0866. The summed E-state index contributed by atoms with van der Waals surface area (Å²) in [5, 5.41) is 1.80. The first-order valence-electron chi connectivity index (χ1n) is 29.4. The predicted molar refractivity (Wildman–Crippen MR) is 275 cm³/mol. The molecule has 0 fully saturated rings. The number of pyridine rings is 1. The van der Waals surface area contributed by atoms with Gasteiger partial charge >= 0.3 is 0 Å². The average Bonchev–Trinajstić information content (AvgIpc) is 1.96. The molecule has 3 aromatic heterocycles. The lowest BCUT2D eigenvalue weighted by atomic mass is 9.88. The van der Waals surface area contributed by atoms with Crippen LogP contribution in [0.1, 0.15) is 65.0 Å². The van der Waals surface area contributed by atoms with Gasteiger partial charge in [0.2, 0.25) is 0 Å². The number of aryl methyl sites for hydroxylation is 2. The second kappa shape index (κ2) is 16.5. The second-order valence-electron chi connectivity index (χ2n) is 17.0. The molecule has 0 spiro atoms. The molecule has 67 heavy (non-hydrogen) atoms. The molecule has 8 aromatic carbocycles. The Kier molecular flexibility index (Phi) is 6.68. The fourth-order valence-corrected chi connectivity index (χ4v) is 8.67. The Morgan fingerprint density at radius 2 is 1.36 bits per heavy atom. The number of ether oxygens (including phenoxy) is 1. The molecule has 0 aliphatic rings. The smallest absolute Gasteiger partial charge is 0.269 e. The van der Waals surface area contributed by atoms with E-state index in [4.69, 9.17) is 32.6 Å². The molecule has 0 atom stereocenters. The van der Waals surface area contributed by atoms with E-state index in [1.807, 2.05) is 42.5 Å². The fraction of sp³-hybridized carbons (Fsp3) is 0.0968. The van der Waals surface area contributed by atoms with E-state index in [2.05, 4.69) is 43.7 Å². The van der Waals surface area contributed by atoms with Gasteiger partial charge in [0, 0.05) is 36.8 Å². The molecular formula is C62H48N4O. The van der Waals surface area contributed by atoms with Gasteiger partial charge in [0.05, 0.1) is 47.1 Å². The second-order valence-corrected chi connectivity index (χ2v) is 17.0. The molecule has 0 bridgehead atoms. The first-order chi connectivity index (χ1) is 39.2. The van der Waals surface area contributed by atoms with Crippen molar-refractivity contribution in [3.05, 3.63) is 223 Å². The van der Waals surface area contributed by atoms with Gasteiger partial charge in [-0.15, -0.1) is 6.42 Å². The third-order valence-electron chi connectivity index (χ3n) is 11.9. The van der Waals surface area contributed by atoms with Crippen LogP contribution in [-0.2, 0) is 5.41 Å². The van der Waals surface area contributed by atoms with Crippen molar-refractivity contribution in [1.29, 1.82) is 0 Å². The highest BCUT2D eigenvalue weighted by molar-refractivity contribution is 6.10. The van der Waals surface area contributed by atoms with E-state index in [1.165, 1.54) is 47.0 Å². The van der Waals surface area contributed by atoms with E-state index in [9.17, 15) is 5.48 Å². The zero-order valence-electron chi connectivity index (χ0n) is 52.5. The van der Waals surface area contributed by atoms with Crippen LogP contribution in [-0.4, -0.2) is 14.1 Å². The minimum Gasteiger partial charge on any atom is -0.458 e.